The Labute approximate surface area is 79.0 Å². The van der Waals surface area contributed by atoms with Gasteiger partial charge in [0.25, 0.3) is 0 Å². The number of ether oxygens (including phenoxy) is 3. The average molecular weight is 184 g/mol. The molecule has 0 bridgehead atoms. The van der Waals surface area contributed by atoms with Gasteiger partial charge in [-0.15, -0.1) is 0 Å². The summed E-state index contributed by atoms with van der Waals surface area (Å²) in [5.74, 6) is 0.806. The monoisotopic (exact) mass is 184 g/mol. The van der Waals surface area contributed by atoms with Gasteiger partial charge in [0, 0.05) is 14.2 Å². The van der Waals surface area contributed by atoms with E-state index in [-0.39, 0.29) is 12.2 Å². The Morgan fingerprint density at radius 3 is 2.08 bits per heavy atom. The first-order valence-corrected chi connectivity index (χ1v) is 4.22. The Morgan fingerprint density at radius 1 is 1.00 bits per heavy atom. The molecular formula is C10H16O3. The first-order valence-electron chi connectivity index (χ1n) is 4.22. The molecule has 0 amide bonds. The predicted octanol–water partition coefficient (Wildman–Crippen LogP) is 1.51. The molecule has 2 unspecified atom stereocenters. The van der Waals surface area contributed by atoms with Crippen molar-refractivity contribution in [1.82, 2.24) is 0 Å². The summed E-state index contributed by atoms with van der Waals surface area (Å²) in [6.07, 6.45) is 3.74. The molecule has 0 N–H and O–H groups in total. The molecule has 0 fully saturated rings. The Balaban J connectivity index is 2.88. The molecule has 3 nitrogen and oxygen atoms in total. The Morgan fingerprint density at radius 2 is 1.62 bits per heavy atom. The highest BCUT2D eigenvalue weighted by Gasteiger charge is 2.29. The molecular weight excluding hydrogens is 168 g/mol. The van der Waals surface area contributed by atoms with E-state index < -0.39 is 0 Å². The maximum Gasteiger partial charge on any atom is 0.144 e. The summed E-state index contributed by atoms with van der Waals surface area (Å²) >= 11 is 0. The van der Waals surface area contributed by atoms with Crippen LogP contribution < -0.4 is 0 Å². The molecule has 0 heterocycles. The van der Waals surface area contributed by atoms with Gasteiger partial charge >= 0.3 is 0 Å². The minimum Gasteiger partial charge on any atom is -0.498 e. The lowest BCUT2D eigenvalue weighted by atomic mass is 9.99. The second kappa shape index (κ2) is 4.44. The van der Waals surface area contributed by atoms with E-state index in [2.05, 4.69) is 0 Å². The summed E-state index contributed by atoms with van der Waals surface area (Å²) in [5.41, 5.74) is 1.15. The van der Waals surface area contributed by atoms with Crippen molar-refractivity contribution in [1.29, 1.82) is 0 Å². The smallest absolute Gasteiger partial charge is 0.144 e. The molecule has 13 heavy (non-hydrogen) atoms. The van der Waals surface area contributed by atoms with Gasteiger partial charge in [-0.2, -0.15) is 0 Å². The van der Waals surface area contributed by atoms with Crippen LogP contribution in [0.25, 0.3) is 0 Å². The lowest BCUT2D eigenvalue weighted by Gasteiger charge is -2.29. The van der Waals surface area contributed by atoms with Gasteiger partial charge in [-0.25, -0.2) is 0 Å². The van der Waals surface area contributed by atoms with Gasteiger partial charge in [-0.3, -0.25) is 0 Å². The lowest BCUT2D eigenvalue weighted by Crippen LogP contribution is -2.35. The average Bonchev–Trinajstić information content (AvgIpc) is 2.17. The first kappa shape index (κ1) is 10.3. The molecule has 0 radical (unpaired) electrons. The van der Waals surface area contributed by atoms with Gasteiger partial charge in [0.15, 0.2) is 0 Å². The molecule has 74 valence electrons. The molecule has 0 aromatic heterocycles. The van der Waals surface area contributed by atoms with E-state index in [0.717, 1.165) is 11.3 Å². The highest BCUT2D eigenvalue weighted by molar-refractivity contribution is 5.28. The molecule has 0 saturated heterocycles. The number of allylic oxidation sites excluding steroid dienone is 2. The zero-order chi connectivity index (χ0) is 9.84. The number of hydrogen-bond acceptors (Lipinski definition) is 3. The molecule has 3 heteroatoms. The molecule has 1 rings (SSSR count). The Kier molecular flexibility index (Phi) is 3.51. The van der Waals surface area contributed by atoms with Gasteiger partial charge in [-0.1, -0.05) is 6.08 Å². The number of methoxy groups -OCH3 is 3. The molecule has 0 aromatic carbocycles. The van der Waals surface area contributed by atoms with Crippen LogP contribution in [0, 0.1) is 0 Å². The van der Waals surface area contributed by atoms with Crippen molar-refractivity contribution in [2.24, 2.45) is 0 Å². The van der Waals surface area contributed by atoms with Gasteiger partial charge < -0.3 is 14.2 Å². The second-order valence-corrected chi connectivity index (χ2v) is 3.00. The van der Waals surface area contributed by atoms with Gasteiger partial charge in [0.2, 0.25) is 0 Å². The minimum atomic E-state index is -0.125. The third kappa shape index (κ3) is 1.92. The molecule has 0 spiro atoms. The van der Waals surface area contributed by atoms with Crippen LogP contribution in [0.15, 0.2) is 23.5 Å². The quantitative estimate of drug-likeness (QED) is 0.665. The van der Waals surface area contributed by atoms with Crippen LogP contribution in [-0.2, 0) is 14.2 Å². The van der Waals surface area contributed by atoms with Gasteiger partial charge in [0.05, 0.1) is 7.11 Å². The van der Waals surface area contributed by atoms with Crippen LogP contribution in [0.5, 0.6) is 0 Å². The van der Waals surface area contributed by atoms with Crippen LogP contribution in [0.1, 0.15) is 6.92 Å². The largest absolute Gasteiger partial charge is 0.498 e. The van der Waals surface area contributed by atoms with Crippen molar-refractivity contribution in [2.75, 3.05) is 21.3 Å². The third-order valence-corrected chi connectivity index (χ3v) is 2.26. The summed E-state index contributed by atoms with van der Waals surface area (Å²) in [7, 11) is 4.97. The summed E-state index contributed by atoms with van der Waals surface area (Å²) < 4.78 is 15.8. The van der Waals surface area contributed by atoms with E-state index in [1.54, 1.807) is 21.3 Å². The van der Waals surface area contributed by atoms with Gasteiger partial charge in [0.1, 0.15) is 18.0 Å². The highest BCUT2D eigenvalue weighted by atomic mass is 16.6. The second-order valence-electron chi connectivity index (χ2n) is 3.00. The Hall–Kier alpha value is -0.800. The number of rotatable bonds is 3. The fraction of sp³-hybridized carbons (Fsp3) is 0.600. The SMILES string of the molecule is COC1=CC=C(C)C(OC)C1OC. The summed E-state index contributed by atoms with van der Waals surface area (Å²) in [5, 5.41) is 0. The van der Waals surface area contributed by atoms with Crippen LogP contribution in [-0.4, -0.2) is 33.5 Å². The first-order chi connectivity index (χ1) is 6.24. The number of hydrogen-bond donors (Lipinski definition) is 0. The fourth-order valence-electron chi connectivity index (χ4n) is 1.52. The Bertz CT molecular complexity index is 230. The van der Waals surface area contributed by atoms with E-state index in [9.17, 15) is 0 Å². The van der Waals surface area contributed by atoms with Crippen LogP contribution >= 0.6 is 0 Å². The van der Waals surface area contributed by atoms with E-state index >= 15 is 0 Å². The van der Waals surface area contributed by atoms with Crippen molar-refractivity contribution in [3.63, 3.8) is 0 Å². The van der Waals surface area contributed by atoms with E-state index in [1.807, 2.05) is 19.1 Å². The zero-order valence-electron chi connectivity index (χ0n) is 8.53. The van der Waals surface area contributed by atoms with E-state index in [0.29, 0.717) is 0 Å². The third-order valence-electron chi connectivity index (χ3n) is 2.26. The van der Waals surface area contributed by atoms with Crippen molar-refractivity contribution in [3.8, 4) is 0 Å². The lowest BCUT2D eigenvalue weighted by molar-refractivity contribution is -0.0237. The summed E-state index contributed by atoms with van der Waals surface area (Å²) in [6, 6.07) is 0. The van der Waals surface area contributed by atoms with Crippen LogP contribution in [0.3, 0.4) is 0 Å². The summed E-state index contributed by atoms with van der Waals surface area (Å²) in [4.78, 5) is 0. The van der Waals surface area contributed by atoms with E-state index in [1.165, 1.54) is 0 Å². The molecule has 1 aliphatic carbocycles. The van der Waals surface area contributed by atoms with Crippen molar-refractivity contribution >= 4 is 0 Å². The highest BCUT2D eigenvalue weighted by Crippen LogP contribution is 2.24. The molecule has 0 aromatic rings. The van der Waals surface area contributed by atoms with Crippen LogP contribution in [0.2, 0.25) is 0 Å². The van der Waals surface area contributed by atoms with Crippen molar-refractivity contribution in [3.05, 3.63) is 23.5 Å². The predicted molar refractivity (Wildman–Crippen MR) is 50.4 cm³/mol. The maximum atomic E-state index is 5.32. The van der Waals surface area contributed by atoms with Crippen molar-refractivity contribution < 1.29 is 14.2 Å². The molecule has 0 aliphatic heterocycles. The van der Waals surface area contributed by atoms with E-state index in [4.69, 9.17) is 14.2 Å². The zero-order valence-corrected chi connectivity index (χ0v) is 8.53. The fourth-order valence-corrected chi connectivity index (χ4v) is 1.52. The molecule has 1 aliphatic rings. The topological polar surface area (TPSA) is 27.7 Å². The van der Waals surface area contributed by atoms with Gasteiger partial charge in [-0.05, 0) is 18.6 Å². The molecule has 2 atom stereocenters. The van der Waals surface area contributed by atoms with Crippen LogP contribution in [0.4, 0.5) is 0 Å². The molecule has 0 saturated carbocycles. The summed E-state index contributed by atoms with van der Waals surface area (Å²) in [6.45, 7) is 2.02. The minimum absolute atomic E-state index is 0.0371. The maximum absolute atomic E-state index is 5.32. The normalized spacial score (nSPS) is 28.0. The van der Waals surface area contributed by atoms with Crippen molar-refractivity contribution in [2.45, 2.75) is 19.1 Å². The standard InChI is InChI=1S/C10H16O3/c1-7-5-6-8(11-2)10(13-4)9(7)12-3/h5-6,9-10H,1-4H3.